The van der Waals surface area contributed by atoms with Gasteiger partial charge in [-0.05, 0) is 25.5 Å². The first-order valence-electron chi connectivity index (χ1n) is 5.35. The molecule has 3 nitrogen and oxygen atoms in total. The molecule has 0 amide bonds. The second-order valence-corrected chi connectivity index (χ2v) is 4.15. The molecule has 0 unspecified atom stereocenters. The van der Waals surface area contributed by atoms with Crippen LogP contribution in [0.15, 0.2) is 22.6 Å². The van der Waals surface area contributed by atoms with Crippen LogP contribution < -0.4 is 0 Å². The maximum atomic E-state index is 13.6. The van der Waals surface area contributed by atoms with Crippen LogP contribution >= 0.6 is 11.6 Å². The molecule has 17 heavy (non-hydrogen) atoms. The summed E-state index contributed by atoms with van der Waals surface area (Å²) in [5, 5.41) is 7.70. The average molecular weight is 255 g/mol. The van der Waals surface area contributed by atoms with Gasteiger partial charge >= 0.3 is 0 Å². The van der Waals surface area contributed by atoms with E-state index in [0.717, 1.165) is 12.0 Å². The van der Waals surface area contributed by atoms with Gasteiger partial charge in [-0.3, -0.25) is 0 Å². The molecule has 0 fully saturated rings. The van der Waals surface area contributed by atoms with Crippen LogP contribution in [0.4, 0.5) is 4.39 Å². The molecule has 2 rings (SSSR count). The van der Waals surface area contributed by atoms with Crippen molar-refractivity contribution in [2.45, 2.75) is 19.8 Å². The Balaban J connectivity index is 2.27. The van der Waals surface area contributed by atoms with Crippen molar-refractivity contribution in [3.63, 3.8) is 0 Å². The minimum absolute atomic E-state index is 0.218. The van der Waals surface area contributed by atoms with E-state index in [-0.39, 0.29) is 11.7 Å². The molecule has 1 aromatic carbocycles. The smallest absolute Gasteiger partial charge is 0.250 e. The molecule has 0 aliphatic heterocycles. The molecule has 0 spiro atoms. The summed E-state index contributed by atoms with van der Waals surface area (Å²) in [5.74, 6) is 0.886. The van der Waals surface area contributed by atoms with Gasteiger partial charge in [0.15, 0.2) is 0 Å². The van der Waals surface area contributed by atoms with Gasteiger partial charge in [-0.15, -0.1) is 21.8 Å². The number of hydrogen-bond acceptors (Lipinski definition) is 3. The summed E-state index contributed by atoms with van der Waals surface area (Å²) in [4.78, 5) is 0. The summed E-state index contributed by atoms with van der Waals surface area (Å²) >= 11 is 5.57. The molecule has 0 atom stereocenters. The molecule has 1 aromatic heterocycles. The molecule has 0 N–H and O–H groups in total. The van der Waals surface area contributed by atoms with E-state index in [1.807, 2.05) is 6.92 Å². The minimum atomic E-state index is -0.358. The number of nitrogens with zero attached hydrogens (tertiary/aromatic N) is 2. The lowest BCUT2D eigenvalue weighted by Gasteiger charge is -1.98. The Hall–Kier alpha value is -1.42. The molecule has 0 saturated carbocycles. The standard InChI is InChI=1S/C12H12ClFN2O/c1-8-4-5-10(14)9(7-8)12-16-15-11(17-12)3-2-6-13/h4-5,7H,2-3,6H2,1H3. The lowest BCUT2D eigenvalue weighted by molar-refractivity contribution is 0.498. The maximum Gasteiger partial charge on any atom is 0.250 e. The Morgan fingerprint density at radius 2 is 2.18 bits per heavy atom. The number of alkyl halides is 1. The van der Waals surface area contributed by atoms with Crippen LogP contribution in [0, 0.1) is 12.7 Å². The predicted octanol–water partition coefficient (Wildman–Crippen LogP) is 3.36. The highest BCUT2D eigenvalue weighted by Crippen LogP contribution is 2.22. The Kier molecular flexibility index (Phi) is 3.74. The molecule has 90 valence electrons. The van der Waals surface area contributed by atoms with Crippen molar-refractivity contribution in [3.05, 3.63) is 35.5 Å². The van der Waals surface area contributed by atoms with Gasteiger partial charge in [-0.1, -0.05) is 11.6 Å². The second kappa shape index (κ2) is 5.27. The summed E-state index contributed by atoms with van der Waals surface area (Å²) in [7, 11) is 0. The first kappa shape index (κ1) is 12.0. The predicted molar refractivity (Wildman–Crippen MR) is 63.5 cm³/mol. The monoisotopic (exact) mass is 254 g/mol. The molecular weight excluding hydrogens is 243 g/mol. The van der Waals surface area contributed by atoms with Crippen molar-refractivity contribution >= 4 is 11.6 Å². The molecule has 0 radical (unpaired) electrons. The molecular formula is C12H12ClFN2O. The second-order valence-electron chi connectivity index (χ2n) is 3.78. The van der Waals surface area contributed by atoms with Crippen molar-refractivity contribution in [1.82, 2.24) is 10.2 Å². The van der Waals surface area contributed by atoms with Crippen LogP contribution in [0.2, 0.25) is 0 Å². The van der Waals surface area contributed by atoms with Crippen LogP contribution in [-0.4, -0.2) is 16.1 Å². The number of hydrogen-bond donors (Lipinski definition) is 0. The van der Waals surface area contributed by atoms with Crippen molar-refractivity contribution in [2.75, 3.05) is 5.88 Å². The number of aryl methyl sites for hydroxylation is 2. The Bertz CT molecular complexity index is 513. The summed E-state index contributed by atoms with van der Waals surface area (Å²) in [5.41, 5.74) is 1.29. The third kappa shape index (κ3) is 2.82. The third-order valence-electron chi connectivity index (χ3n) is 2.34. The van der Waals surface area contributed by atoms with Crippen LogP contribution in [0.25, 0.3) is 11.5 Å². The Morgan fingerprint density at radius 1 is 1.35 bits per heavy atom. The van der Waals surface area contributed by atoms with Crippen LogP contribution in [-0.2, 0) is 6.42 Å². The van der Waals surface area contributed by atoms with Gasteiger partial charge in [0.25, 0.3) is 5.89 Å². The van der Waals surface area contributed by atoms with Crippen LogP contribution in [0.1, 0.15) is 17.9 Å². The van der Waals surface area contributed by atoms with Gasteiger partial charge in [-0.25, -0.2) is 4.39 Å². The summed E-state index contributed by atoms with van der Waals surface area (Å²) < 4.78 is 19.0. The largest absolute Gasteiger partial charge is 0.421 e. The molecule has 2 aromatic rings. The van der Waals surface area contributed by atoms with Gasteiger partial charge in [0.2, 0.25) is 5.89 Å². The number of benzene rings is 1. The van der Waals surface area contributed by atoms with Gasteiger partial charge < -0.3 is 4.42 Å². The number of aromatic nitrogens is 2. The van der Waals surface area contributed by atoms with Crippen LogP contribution in [0.3, 0.4) is 0 Å². The van der Waals surface area contributed by atoms with E-state index in [1.54, 1.807) is 12.1 Å². The first-order valence-corrected chi connectivity index (χ1v) is 5.89. The van der Waals surface area contributed by atoms with E-state index in [9.17, 15) is 4.39 Å². The normalized spacial score (nSPS) is 10.8. The van der Waals surface area contributed by atoms with Crippen molar-refractivity contribution < 1.29 is 8.81 Å². The molecule has 1 heterocycles. The SMILES string of the molecule is Cc1ccc(F)c(-c2nnc(CCCCl)o2)c1. The zero-order chi connectivity index (χ0) is 12.3. The van der Waals surface area contributed by atoms with Crippen LogP contribution in [0.5, 0.6) is 0 Å². The van der Waals surface area contributed by atoms with Gasteiger partial charge in [0.05, 0.1) is 5.56 Å². The minimum Gasteiger partial charge on any atom is -0.421 e. The number of halogens is 2. The van der Waals surface area contributed by atoms with E-state index in [0.29, 0.717) is 23.8 Å². The van der Waals surface area contributed by atoms with E-state index < -0.39 is 0 Å². The zero-order valence-corrected chi connectivity index (χ0v) is 10.2. The van der Waals surface area contributed by atoms with E-state index >= 15 is 0 Å². The molecule has 0 aliphatic rings. The lowest BCUT2D eigenvalue weighted by Crippen LogP contribution is -1.85. The topological polar surface area (TPSA) is 38.9 Å². The first-order chi connectivity index (χ1) is 8.20. The highest BCUT2D eigenvalue weighted by molar-refractivity contribution is 6.17. The van der Waals surface area contributed by atoms with E-state index in [1.165, 1.54) is 6.07 Å². The van der Waals surface area contributed by atoms with E-state index in [2.05, 4.69) is 10.2 Å². The average Bonchev–Trinajstić information content (AvgIpc) is 2.78. The maximum absolute atomic E-state index is 13.6. The van der Waals surface area contributed by atoms with Crippen molar-refractivity contribution in [2.24, 2.45) is 0 Å². The summed E-state index contributed by atoms with van der Waals surface area (Å²) in [6.07, 6.45) is 1.38. The fourth-order valence-electron chi connectivity index (χ4n) is 1.48. The van der Waals surface area contributed by atoms with Gasteiger partial charge in [0.1, 0.15) is 5.82 Å². The highest BCUT2D eigenvalue weighted by atomic mass is 35.5. The Labute approximate surface area is 104 Å². The number of rotatable bonds is 4. The quantitative estimate of drug-likeness (QED) is 0.786. The lowest BCUT2D eigenvalue weighted by atomic mass is 10.1. The summed E-state index contributed by atoms with van der Waals surface area (Å²) in [6, 6.07) is 4.78. The van der Waals surface area contributed by atoms with Crippen molar-refractivity contribution in [1.29, 1.82) is 0 Å². The van der Waals surface area contributed by atoms with Gasteiger partial charge in [0, 0.05) is 12.3 Å². The third-order valence-corrected chi connectivity index (χ3v) is 2.61. The molecule has 0 saturated heterocycles. The van der Waals surface area contributed by atoms with Crippen molar-refractivity contribution in [3.8, 4) is 11.5 Å². The van der Waals surface area contributed by atoms with E-state index in [4.69, 9.17) is 16.0 Å². The highest BCUT2D eigenvalue weighted by Gasteiger charge is 2.12. The summed E-state index contributed by atoms with van der Waals surface area (Å²) in [6.45, 7) is 1.88. The fraction of sp³-hybridized carbons (Fsp3) is 0.333. The zero-order valence-electron chi connectivity index (χ0n) is 9.41. The Morgan fingerprint density at radius 3 is 2.94 bits per heavy atom. The van der Waals surface area contributed by atoms with Gasteiger partial charge in [-0.2, -0.15) is 0 Å². The molecule has 0 aliphatic carbocycles. The molecule has 5 heteroatoms. The molecule has 0 bridgehead atoms. The fourth-order valence-corrected chi connectivity index (χ4v) is 1.62.